The molecule has 0 unspecified atom stereocenters. The van der Waals surface area contributed by atoms with Crippen LogP contribution >= 0.6 is 23.4 Å². The van der Waals surface area contributed by atoms with Gasteiger partial charge in [-0.3, -0.25) is 14.9 Å². The Morgan fingerprint density at radius 1 is 1.03 bits per heavy atom. The summed E-state index contributed by atoms with van der Waals surface area (Å²) < 4.78 is 2.05. The highest BCUT2D eigenvalue weighted by Gasteiger charge is 2.14. The molecule has 1 amide bonds. The minimum Gasteiger partial charge on any atom is -0.321 e. The molecule has 1 aromatic heterocycles. The topological polar surface area (TPSA) is 101 Å². The van der Waals surface area contributed by atoms with Crippen molar-refractivity contribution in [1.82, 2.24) is 4.57 Å². The number of nitro groups is 1. The highest BCUT2D eigenvalue weighted by Crippen LogP contribution is 2.31. The van der Waals surface area contributed by atoms with Crippen LogP contribution in [0.1, 0.15) is 17.0 Å². The number of carbonyl (C=O) groups is 1. The predicted molar refractivity (Wildman–Crippen MR) is 146 cm³/mol. The van der Waals surface area contributed by atoms with E-state index in [1.165, 1.54) is 23.9 Å². The van der Waals surface area contributed by atoms with Crippen molar-refractivity contribution >= 4 is 46.7 Å². The van der Waals surface area contributed by atoms with Gasteiger partial charge in [0.2, 0.25) is 0 Å². The first kappa shape index (κ1) is 25.8. The highest BCUT2D eigenvalue weighted by molar-refractivity contribution is 7.99. The van der Waals surface area contributed by atoms with Crippen LogP contribution in [0.3, 0.4) is 0 Å². The summed E-state index contributed by atoms with van der Waals surface area (Å²) in [6.45, 7) is 3.90. The summed E-state index contributed by atoms with van der Waals surface area (Å²) >= 11 is 7.40. The number of nitriles is 1. The van der Waals surface area contributed by atoms with Crippen molar-refractivity contribution in [3.63, 3.8) is 0 Å². The highest BCUT2D eigenvalue weighted by atomic mass is 35.5. The Balaban J connectivity index is 1.53. The van der Waals surface area contributed by atoms with E-state index in [1.807, 2.05) is 50.2 Å². The van der Waals surface area contributed by atoms with Gasteiger partial charge in [-0.05, 0) is 92.2 Å². The van der Waals surface area contributed by atoms with Gasteiger partial charge in [-0.25, -0.2) is 0 Å². The molecule has 0 aliphatic rings. The average molecular weight is 529 g/mol. The van der Waals surface area contributed by atoms with Gasteiger partial charge in [0, 0.05) is 49.7 Å². The van der Waals surface area contributed by atoms with Crippen LogP contribution in [-0.4, -0.2) is 15.4 Å². The number of aromatic nitrogens is 1. The van der Waals surface area contributed by atoms with Crippen LogP contribution in [0.4, 0.5) is 11.4 Å². The molecule has 0 fully saturated rings. The Labute approximate surface area is 223 Å². The van der Waals surface area contributed by atoms with E-state index in [9.17, 15) is 20.2 Å². The third kappa shape index (κ3) is 6.09. The van der Waals surface area contributed by atoms with Crippen molar-refractivity contribution in [2.45, 2.75) is 23.6 Å². The largest absolute Gasteiger partial charge is 0.321 e. The molecule has 0 spiro atoms. The summed E-state index contributed by atoms with van der Waals surface area (Å²) in [5.41, 5.74) is 4.15. The number of benzene rings is 3. The van der Waals surface area contributed by atoms with Gasteiger partial charge >= 0.3 is 0 Å². The lowest BCUT2D eigenvalue weighted by molar-refractivity contribution is -0.384. The van der Waals surface area contributed by atoms with Crippen molar-refractivity contribution in [2.75, 3.05) is 5.32 Å². The Hall–Kier alpha value is -4.32. The molecule has 0 saturated carbocycles. The maximum Gasteiger partial charge on any atom is 0.269 e. The van der Waals surface area contributed by atoms with Crippen LogP contribution in [-0.2, 0) is 4.79 Å². The van der Waals surface area contributed by atoms with Crippen LogP contribution in [0.2, 0.25) is 5.02 Å². The van der Waals surface area contributed by atoms with E-state index >= 15 is 0 Å². The summed E-state index contributed by atoms with van der Waals surface area (Å²) in [6, 6.07) is 25.0. The van der Waals surface area contributed by atoms with Gasteiger partial charge in [0.15, 0.2) is 0 Å². The molecular weight excluding hydrogens is 508 g/mol. The molecule has 1 N–H and O–H groups in total. The summed E-state index contributed by atoms with van der Waals surface area (Å²) in [6.07, 6.45) is 1.59. The zero-order valence-electron chi connectivity index (χ0n) is 19.9. The number of anilines is 1. The van der Waals surface area contributed by atoms with Gasteiger partial charge in [-0.1, -0.05) is 23.4 Å². The zero-order chi connectivity index (χ0) is 26.5. The quantitative estimate of drug-likeness (QED) is 0.117. The maximum absolute atomic E-state index is 12.7. The van der Waals surface area contributed by atoms with E-state index in [-0.39, 0.29) is 11.3 Å². The van der Waals surface area contributed by atoms with E-state index in [2.05, 4.69) is 9.88 Å². The fourth-order valence-electron chi connectivity index (χ4n) is 3.80. The summed E-state index contributed by atoms with van der Waals surface area (Å²) in [4.78, 5) is 25.0. The first-order valence-corrected chi connectivity index (χ1v) is 12.3. The van der Waals surface area contributed by atoms with Gasteiger partial charge in [-0.15, -0.1) is 0 Å². The van der Waals surface area contributed by atoms with Crippen molar-refractivity contribution < 1.29 is 9.72 Å². The SMILES string of the molecule is Cc1cc(/C=C(/C#N)C(=O)Nc2ccc(Cl)cc2)c(C)n1-c1ccc(Sc2ccc([N+](=O)[O-])cc2)cc1. The number of nitro benzene ring substituents is 1. The number of nitrogens with one attached hydrogen (secondary N) is 1. The Morgan fingerprint density at radius 3 is 2.19 bits per heavy atom. The molecule has 37 heavy (non-hydrogen) atoms. The molecule has 0 atom stereocenters. The molecule has 0 saturated heterocycles. The number of nitrogens with zero attached hydrogens (tertiary/aromatic N) is 3. The number of aryl methyl sites for hydroxylation is 1. The lowest BCUT2D eigenvalue weighted by Gasteiger charge is -2.11. The number of rotatable bonds is 7. The Kier molecular flexibility index (Phi) is 7.77. The van der Waals surface area contributed by atoms with Crippen LogP contribution in [0, 0.1) is 35.3 Å². The first-order chi connectivity index (χ1) is 17.7. The predicted octanol–water partition coefficient (Wildman–Crippen LogP) is 7.35. The molecule has 9 heteroatoms. The molecule has 3 aromatic carbocycles. The van der Waals surface area contributed by atoms with Crippen LogP contribution in [0.5, 0.6) is 0 Å². The van der Waals surface area contributed by atoms with Gasteiger partial charge < -0.3 is 9.88 Å². The van der Waals surface area contributed by atoms with E-state index in [1.54, 1.807) is 42.5 Å². The second-order valence-electron chi connectivity index (χ2n) is 8.14. The summed E-state index contributed by atoms with van der Waals surface area (Å²) in [5.74, 6) is -0.498. The third-order valence-corrected chi connectivity index (χ3v) is 6.88. The molecule has 4 aromatic rings. The monoisotopic (exact) mass is 528 g/mol. The van der Waals surface area contributed by atoms with Crippen LogP contribution in [0.25, 0.3) is 11.8 Å². The minimum absolute atomic E-state index is 0.00922. The van der Waals surface area contributed by atoms with E-state index < -0.39 is 10.8 Å². The van der Waals surface area contributed by atoms with Gasteiger partial charge in [-0.2, -0.15) is 5.26 Å². The lowest BCUT2D eigenvalue weighted by atomic mass is 10.1. The van der Waals surface area contributed by atoms with Crippen molar-refractivity contribution in [3.05, 3.63) is 117 Å². The third-order valence-electron chi connectivity index (χ3n) is 5.62. The normalized spacial score (nSPS) is 11.1. The molecule has 0 aliphatic carbocycles. The fourth-order valence-corrected chi connectivity index (χ4v) is 4.74. The molecule has 0 bridgehead atoms. The van der Waals surface area contributed by atoms with Crippen LogP contribution in [0.15, 0.2) is 94.2 Å². The molecule has 0 radical (unpaired) electrons. The molecule has 1 heterocycles. The summed E-state index contributed by atoms with van der Waals surface area (Å²) in [7, 11) is 0. The Morgan fingerprint density at radius 2 is 1.62 bits per heavy atom. The number of non-ortho nitro benzene ring substituents is 1. The van der Waals surface area contributed by atoms with Gasteiger partial charge in [0.25, 0.3) is 11.6 Å². The molecule has 0 aliphatic heterocycles. The van der Waals surface area contributed by atoms with Crippen molar-refractivity contribution in [3.8, 4) is 11.8 Å². The minimum atomic E-state index is -0.498. The Bertz CT molecular complexity index is 1530. The number of hydrogen-bond acceptors (Lipinski definition) is 5. The molecule has 7 nitrogen and oxygen atoms in total. The standard InChI is InChI=1S/C28H21ClN4O3S/c1-18-15-20(16-21(17-30)28(34)31-23-5-3-22(29)4-6-23)19(2)32(18)24-7-11-26(12-8-24)37-27-13-9-25(10-14-27)33(35)36/h3-16H,1-2H3,(H,31,34)/b21-16-. The molecule has 184 valence electrons. The van der Waals surface area contributed by atoms with E-state index in [4.69, 9.17) is 11.6 Å². The van der Waals surface area contributed by atoms with Crippen molar-refractivity contribution in [1.29, 1.82) is 5.26 Å². The average Bonchev–Trinajstić information content (AvgIpc) is 3.17. The van der Waals surface area contributed by atoms with E-state index in [0.29, 0.717) is 10.7 Å². The molecule has 4 rings (SSSR count). The van der Waals surface area contributed by atoms with Gasteiger partial charge in [0.05, 0.1) is 4.92 Å². The number of hydrogen-bond donors (Lipinski definition) is 1. The zero-order valence-corrected chi connectivity index (χ0v) is 21.5. The maximum atomic E-state index is 12.7. The molecular formula is C28H21ClN4O3S. The number of halogens is 1. The summed E-state index contributed by atoms with van der Waals surface area (Å²) in [5, 5.41) is 23.7. The fraction of sp³-hybridized carbons (Fsp3) is 0.0714. The first-order valence-electron chi connectivity index (χ1n) is 11.2. The van der Waals surface area contributed by atoms with E-state index in [0.717, 1.165) is 32.4 Å². The number of carbonyl (C=O) groups excluding carboxylic acids is 1. The van der Waals surface area contributed by atoms with Gasteiger partial charge in [0.1, 0.15) is 11.6 Å². The second kappa shape index (κ2) is 11.2. The number of amides is 1. The smallest absolute Gasteiger partial charge is 0.269 e. The second-order valence-corrected chi connectivity index (χ2v) is 9.72. The lowest BCUT2D eigenvalue weighted by Crippen LogP contribution is -2.13. The van der Waals surface area contributed by atoms with Crippen molar-refractivity contribution in [2.24, 2.45) is 0 Å². The van der Waals surface area contributed by atoms with Crippen LogP contribution < -0.4 is 5.32 Å².